The average Bonchev–Trinajstić information content (AvgIpc) is 2.32. The van der Waals surface area contributed by atoms with E-state index in [-0.39, 0.29) is 0 Å². The van der Waals surface area contributed by atoms with E-state index in [2.05, 4.69) is 4.90 Å². The molecule has 2 aliphatic rings. The molecule has 0 aromatic carbocycles. The minimum Gasteiger partial charge on any atom is -0.481 e. The van der Waals surface area contributed by atoms with Crippen LogP contribution >= 0.6 is 0 Å². The number of nitrogens with zero attached hydrogens (tertiary/aromatic N) is 1. The Balaban J connectivity index is 1.66. The summed E-state index contributed by atoms with van der Waals surface area (Å²) in [4.78, 5) is 13.1. The summed E-state index contributed by atoms with van der Waals surface area (Å²) in [5.74, 6) is -0.268. The summed E-state index contributed by atoms with van der Waals surface area (Å²) in [5.41, 5.74) is 0. The molecule has 17 heavy (non-hydrogen) atoms. The molecule has 0 spiro atoms. The van der Waals surface area contributed by atoms with Gasteiger partial charge in [-0.2, -0.15) is 0 Å². The fourth-order valence-corrected chi connectivity index (χ4v) is 2.86. The molecule has 0 aliphatic carbocycles. The Kier molecular flexibility index (Phi) is 4.80. The van der Waals surface area contributed by atoms with Crippen LogP contribution in [0.1, 0.15) is 38.5 Å². The molecular weight excluding hydrogens is 218 g/mol. The van der Waals surface area contributed by atoms with Gasteiger partial charge < -0.3 is 14.7 Å². The van der Waals surface area contributed by atoms with Gasteiger partial charge in [-0.05, 0) is 51.1 Å². The van der Waals surface area contributed by atoms with Gasteiger partial charge in [0, 0.05) is 19.6 Å². The topological polar surface area (TPSA) is 49.8 Å². The van der Waals surface area contributed by atoms with Crippen LogP contribution in [0.2, 0.25) is 0 Å². The van der Waals surface area contributed by atoms with Crippen LogP contribution in [0.15, 0.2) is 0 Å². The molecule has 2 aliphatic heterocycles. The highest BCUT2D eigenvalue weighted by molar-refractivity contribution is 5.67. The van der Waals surface area contributed by atoms with Gasteiger partial charge in [0.15, 0.2) is 0 Å². The van der Waals surface area contributed by atoms with Crippen LogP contribution in [0.4, 0.5) is 0 Å². The first-order chi connectivity index (χ1) is 8.24. The summed E-state index contributed by atoms with van der Waals surface area (Å²) in [6.45, 7) is 4.04. The van der Waals surface area contributed by atoms with E-state index in [0.29, 0.717) is 18.4 Å². The van der Waals surface area contributed by atoms with Crippen molar-refractivity contribution >= 4 is 5.97 Å². The van der Waals surface area contributed by atoms with Gasteiger partial charge in [-0.15, -0.1) is 0 Å². The van der Waals surface area contributed by atoms with Gasteiger partial charge >= 0.3 is 5.97 Å². The Morgan fingerprint density at radius 2 is 2.00 bits per heavy atom. The van der Waals surface area contributed by atoms with Gasteiger partial charge in [-0.3, -0.25) is 4.79 Å². The molecule has 0 amide bonds. The normalized spacial score (nSPS) is 28.1. The fourth-order valence-electron chi connectivity index (χ4n) is 2.86. The van der Waals surface area contributed by atoms with Crippen molar-refractivity contribution in [3.05, 3.63) is 0 Å². The number of hydrogen-bond acceptors (Lipinski definition) is 3. The van der Waals surface area contributed by atoms with Crippen LogP contribution < -0.4 is 0 Å². The maximum absolute atomic E-state index is 10.6. The summed E-state index contributed by atoms with van der Waals surface area (Å²) in [5, 5.41) is 8.76. The fraction of sp³-hybridized carbons (Fsp3) is 0.923. The van der Waals surface area contributed by atoms with Crippen molar-refractivity contribution in [2.75, 3.05) is 26.2 Å². The molecule has 1 N–H and O–H groups in total. The van der Waals surface area contributed by atoms with E-state index in [4.69, 9.17) is 9.84 Å². The maximum Gasteiger partial charge on any atom is 0.303 e. The second kappa shape index (κ2) is 6.36. The first-order valence-electron chi connectivity index (χ1n) is 6.80. The van der Waals surface area contributed by atoms with Crippen molar-refractivity contribution < 1.29 is 14.6 Å². The van der Waals surface area contributed by atoms with Crippen molar-refractivity contribution in [3.63, 3.8) is 0 Å². The van der Waals surface area contributed by atoms with Crippen LogP contribution in [-0.4, -0.2) is 48.3 Å². The lowest BCUT2D eigenvalue weighted by Gasteiger charge is -2.34. The summed E-state index contributed by atoms with van der Waals surface area (Å²) in [6.07, 6.45) is 6.50. The molecule has 0 aromatic rings. The third kappa shape index (κ3) is 4.28. The SMILES string of the molecule is O=C(O)CC1CCN(CC2CCCCO2)CC1. The Morgan fingerprint density at radius 3 is 2.59 bits per heavy atom. The summed E-state index contributed by atoms with van der Waals surface area (Å²) in [6, 6.07) is 0. The number of piperidine rings is 1. The lowest BCUT2D eigenvalue weighted by Crippen LogP contribution is -2.41. The minimum absolute atomic E-state index is 0.341. The number of hydrogen-bond donors (Lipinski definition) is 1. The molecule has 1 unspecified atom stereocenters. The van der Waals surface area contributed by atoms with Crippen molar-refractivity contribution in [2.24, 2.45) is 5.92 Å². The molecule has 2 fully saturated rings. The monoisotopic (exact) mass is 241 g/mol. The molecule has 4 heteroatoms. The molecule has 0 bridgehead atoms. The Labute approximate surface area is 103 Å². The predicted octanol–water partition coefficient (Wildman–Crippen LogP) is 1.74. The van der Waals surface area contributed by atoms with E-state index in [1.165, 1.54) is 19.3 Å². The Morgan fingerprint density at radius 1 is 1.24 bits per heavy atom. The lowest BCUT2D eigenvalue weighted by atomic mass is 9.93. The van der Waals surface area contributed by atoms with Gasteiger partial charge in [-0.25, -0.2) is 0 Å². The molecule has 98 valence electrons. The minimum atomic E-state index is -0.654. The first-order valence-corrected chi connectivity index (χ1v) is 6.80. The number of rotatable bonds is 4. The third-order valence-electron chi connectivity index (χ3n) is 3.91. The van der Waals surface area contributed by atoms with Crippen molar-refractivity contribution in [2.45, 2.75) is 44.6 Å². The molecule has 0 radical (unpaired) electrons. The second-order valence-electron chi connectivity index (χ2n) is 5.33. The van der Waals surface area contributed by atoms with Crippen LogP contribution in [0.3, 0.4) is 0 Å². The number of aliphatic carboxylic acids is 1. The molecule has 4 nitrogen and oxygen atoms in total. The smallest absolute Gasteiger partial charge is 0.303 e. The molecule has 2 saturated heterocycles. The van der Waals surface area contributed by atoms with E-state index in [1.807, 2.05) is 0 Å². The second-order valence-corrected chi connectivity index (χ2v) is 5.33. The zero-order chi connectivity index (χ0) is 12.1. The number of ether oxygens (including phenoxy) is 1. The number of carboxylic acid groups (broad SMARTS) is 1. The molecule has 1 atom stereocenters. The Bertz CT molecular complexity index is 243. The lowest BCUT2D eigenvalue weighted by molar-refractivity contribution is -0.138. The molecule has 0 saturated carbocycles. The van der Waals surface area contributed by atoms with Crippen molar-refractivity contribution in [1.29, 1.82) is 0 Å². The quantitative estimate of drug-likeness (QED) is 0.814. The van der Waals surface area contributed by atoms with Crippen molar-refractivity contribution in [3.8, 4) is 0 Å². The number of likely N-dealkylation sites (tertiary alicyclic amines) is 1. The highest BCUT2D eigenvalue weighted by atomic mass is 16.5. The van der Waals surface area contributed by atoms with Crippen LogP contribution in [0.5, 0.6) is 0 Å². The average molecular weight is 241 g/mol. The van der Waals surface area contributed by atoms with Gasteiger partial charge in [-0.1, -0.05) is 0 Å². The summed E-state index contributed by atoms with van der Waals surface area (Å²) < 4.78 is 5.74. The van der Waals surface area contributed by atoms with Gasteiger partial charge in [0.05, 0.1) is 6.10 Å². The summed E-state index contributed by atoms with van der Waals surface area (Å²) >= 11 is 0. The van der Waals surface area contributed by atoms with E-state index >= 15 is 0 Å². The van der Waals surface area contributed by atoms with Gasteiger partial charge in [0.1, 0.15) is 0 Å². The molecule has 2 heterocycles. The highest BCUT2D eigenvalue weighted by Gasteiger charge is 2.24. The zero-order valence-corrected chi connectivity index (χ0v) is 10.4. The number of carbonyl (C=O) groups is 1. The van der Waals surface area contributed by atoms with Crippen LogP contribution in [0, 0.1) is 5.92 Å². The molecule has 0 aromatic heterocycles. The number of carboxylic acids is 1. The predicted molar refractivity (Wildman–Crippen MR) is 65.0 cm³/mol. The van der Waals surface area contributed by atoms with Gasteiger partial charge in [0.25, 0.3) is 0 Å². The third-order valence-corrected chi connectivity index (χ3v) is 3.91. The maximum atomic E-state index is 10.6. The molecule has 2 rings (SSSR count). The molecular formula is C13H23NO3. The standard InChI is InChI=1S/C13H23NO3/c15-13(16)9-11-4-6-14(7-5-11)10-12-3-1-2-8-17-12/h11-12H,1-10H2,(H,15,16). The first kappa shape index (κ1) is 12.8. The van der Waals surface area contributed by atoms with E-state index in [0.717, 1.165) is 39.1 Å². The van der Waals surface area contributed by atoms with E-state index < -0.39 is 5.97 Å². The largest absolute Gasteiger partial charge is 0.481 e. The van der Waals surface area contributed by atoms with Crippen molar-refractivity contribution in [1.82, 2.24) is 4.90 Å². The Hall–Kier alpha value is -0.610. The van der Waals surface area contributed by atoms with E-state index in [9.17, 15) is 4.79 Å². The zero-order valence-electron chi connectivity index (χ0n) is 10.4. The van der Waals surface area contributed by atoms with Gasteiger partial charge in [0.2, 0.25) is 0 Å². The summed E-state index contributed by atoms with van der Waals surface area (Å²) in [7, 11) is 0. The van der Waals surface area contributed by atoms with E-state index in [1.54, 1.807) is 0 Å². The van der Waals surface area contributed by atoms with Crippen LogP contribution in [-0.2, 0) is 9.53 Å². The van der Waals surface area contributed by atoms with Crippen LogP contribution in [0.25, 0.3) is 0 Å². The highest BCUT2D eigenvalue weighted by Crippen LogP contribution is 2.22.